The zero-order valence-electron chi connectivity index (χ0n) is 8.34. The Morgan fingerprint density at radius 2 is 2.00 bits per heavy atom. The molecule has 0 unspecified atom stereocenters. The molecule has 1 N–H and O–H groups in total. The van der Waals surface area contributed by atoms with Gasteiger partial charge in [0.15, 0.2) is 0 Å². The Balaban J connectivity index is 2.84. The first-order valence-electron chi connectivity index (χ1n) is 4.49. The van der Waals surface area contributed by atoms with E-state index in [1.54, 1.807) is 0 Å². The Morgan fingerprint density at radius 1 is 1.33 bits per heavy atom. The third-order valence-electron chi connectivity index (χ3n) is 2.26. The summed E-state index contributed by atoms with van der Waals surface area (Å²) in [5, 5.41) is 9.81. The standard InChI is InChI=1S/C11H10F2O2/c1-11(2,14)9-7(12)5-8-6(10(9)13)3-4-15-8/h3-5,14H,1-2H3. The van der Waals surface area contributed by atoms with Crippen molar-refractivity contribution in [3.05, 3.63) is 35.6 Å². The lowest BCUT2D eigenvalue weighted by Gasteiger charge is -2.19. The largest absolute Gasteiger partial charge is 0.464 e. The number of halogens is 2. The fourth-order valence-electron chi connectivity index (χ4n) is 1.60. The average Bonchev–Trinajstić information content (AvgIpc) is 2.48. The number of aliphatic hydroxyl groups is 1. The molecule has 2 aromatic rings. The van der Waals surface area contributed by atoms with Gasteiger partial charge in [-0.25, -0.2) is 8.78 Å². The van der Waals surface area contributed by atoms with Gasteiger partial charge < -0.3 is 9.52 Å². The highest BCUT2D eigenvalue weighted by Gasteiger charge is 2.27. The zero-order valence-corrected chi connectivity index (χ0v) is 8.34. The van der Waals surface area contributed by atoms with Crippen molar-refractivity contribution in [1.82, 2.24) is 0 Å². The molecule has 0 aliphatic heterocycles. The molecule has 0 radical (unpaired) electrons. The van der Waals surface area contributed by atoms with Gasteiger partial charge in [-0.2, -0.15) is 0 Å². The lowest BCUT2D eigenvalue weighted by molar-refractivity contribution is 0.0706. The molecule has 0 saturated carbocycles. The molecular formula is C11H10F2O2. The molecule has 0 aliphatic rings. The van der Waals surface area contributed by atoms with Crippen molar-refractivity contribution in [2.24, 2.45) is 0 Å². The van der Waals surface area contributed by atoms with Crippen LogP contribution in [-0.2, 0) is 5.60 Å². The molecule has 4 heteroatoms. The summed E-state index contributed by atoms with van der Waals surface area (Å²) in [6.07, 6.45) is 1.28. The van der Waals surface area contributed by atoms with Gasteiger partial charge in [-0.15, -0.1) is 0 Å². The maximum atomic E-state index is 13.8. The van der Waals surface area contributed by atoms with Crippen LogP contribution >= 0.6 is 0 Å². The minimum atomic E-state index is -1.56. The zero-order chi connectivity index (χ0) is 11.2. The van der Waals surface area contributed by atoms with Gasteiger partial charge in [0.25, 0.3) is 0 Å². The summed E-state index contributed by atoms with van der Waals surface area (Å²) < 4.78 is 32.2. The van der Waals surface area contributed by atoms with Crippen LogP contribution < -0.4 is 0 Å². The second-order valence-corrected chi connectivity index (χ2v) is 3.94. The number of rotatable bonds is 1. The number of fused-ring (bicyclic) bond motifs is 1. The maximum absolute atomic E-state index is 13.8. The maximum Gasteiger partial charge on any atom is 0.143 e. The minimum absolute atomic E-state index is 0.137. The number of hydrogen-bond donors (Lipinski definition) is 1. The van der Waals surface area contributed by atoms with Crippen LogP contribution in [0.1, 0.15) is 19.4 Å². The molecule has 1 heterocycles. The van der Waals surface area contributed by atoms with Crippen LogP contribution in [0.25, 0.3) is 11.0 Å². The van der Waals surface area contributed by atoms with E-state index in [9.17, 15) is 13.9 Å². The van der Waals surface area contributed by atoms with E-state index in [2.05, 4.69) is 0 Å². The molecule has 0 bridgehead atoms. The highest BCUT2D eigenvalue weighted by Crippen LogP contribution is 2.31. The van der Waals surface area contributed by atoms with Gasteiger partial charge in [0.1, 0.15) is 17.2 Å². The SMILES string of the molecule is CC(C)(O)c1c(F)cc2occc2c1F. The van der Waals surface area contributed by atoms with E-state index in [0.717, 1.165) is 6.07 Å². The van der Waals surface area contributed by atoms with Gasteiger partial charge in [0, 0.05) is 6.07 Å². The first-order chi connectivity index (χ1) is 6.91. The molecular weight excluding hydrogens is 202 g/mol. The highest BCUT2D eigenvalue weighted by molar-refractivity contribution is 5.79. The van der Waals surface area contributed by atoms with Crippen LogP contribution in [0.5, 0.6) is 0 Å². The first-order valence-corrected chi connectivity index (χ1v) is 4.49. The summed E-state index contributed by atoms with van der Waals surface area (Å²) >= 11 is 0. The van der Waals surface area contributed by atoms with Gasteiger partial charge in [-0.05, 0) is 19.9 Å². The fraction of sp³-hybridized carbons (Fsp3) is 0.273. The van der Waals surface area contributed by atoms with Crippen LogP contribution in [0.2, 0.25) is 0 Å². The summed E-state index contributed by atoms with van der Waals surface area (Å²) in [6.45, 7) is 2.67. The molecule has 2 nitrogen and oxygen atoms in total. The van der Waals surface area contributed by atoms with E-state index in [0.29, 0.717) is 0 Å². The van der Waals surface area contributed by atoms with Gasteiger partial charge in [0.2, 0.25) is 0 Å². The van der Waals surface area contributed by atoms with Crippen molar-refractivity contribution in [2.45, 2.75) is 19.4 Å². The topological polar surface area (TPSA) is 33.4 Å². The monoisotopic (exact) mass is 212 g/mol. The van der Waals surface area contributed by atoms with Gasteiger partial charge >= 0.3 is 0 Å². The lowest BCUT2D eigenvalue weighted by Crippen LogP contribution is -2.19. The number of furan rings is 1. The molecule has 2 rings (SSSR count). The van der Waals surface area contributed by atoms with Crippen LogP contribution in [0.3, 0.4) is 0 Å². The molecule has 0 amide bonds. The smallest absolute Gasteiger partial charge is 0.143 e. The Kier molecular flexibility index (Phi) is 2.04. The van der Waals surface area contributed by atoms with Crippen LogP contribution in [0.4, 0.5) is 8.78 Å². The van der Waals surface area contributed by atoms with E-state index < -0.39 is 17.2 Å². The Morgan fingerprint density at radius 3 is 2.60 bits per heavy atom. The van der Waals surface area contributed by atoms with E-state index in [1.807, 2.05) is 0 Å². The van der Waals surface area contributed by atoms with Crippen molar-refractivity contribution >= 4 is 11.0 Å². The molecule has 15 heavy (non-hydrogen) atoms. The predicted molar refractivity (Wildman–Crippen MR) is 51.4 cm³/mol. The summed E-state index contributed by atoms with van der Waals surface area (Å²) in [5.74, 6) is -1.58. The molecule has 0 aliphatic carbocycles. The van der Waals surface area contributed by atoms with Crippen molar-refractivity contribution in [3.8, 4) is 0 Å². The molecule has 0 atom stereocenters. The normalized spacial score (nSPS) is 12.3. The van der Waals surface area contributed by atoms with Crippen molar-refractivity contribution in [3.63, 3.8) is 0 Å². The van der Waals surface area contributed by atoms with E-state index in [1.165, 1.54) is 26.2 Å². The van der Waals surface area contributed by atoms with Gasteiger partial charge in [-0.1, -0.05) is 0 Å². The third kappa shape index (κ3) is 1.51. The molecule has 1 aromatic heterocycles. The van der Waals surface area contributed by atoms with Crippen molar-refractivity contribution in [1.29, 1.82) is 0 Å². The quantitative estimate of drug-likeness (QED) is 0.788. The molecule has 0 spiro atoms. The summed E-state index contributed by atoms with van der Waals surface area (Å²) in [7, 11) is 0. The summed E-state index contributed by atoms with van der Waals surface area (Å²) in [4.78, 5) is 0. The predicted octanol–water partition coefficient (Wildman–Crippen LogP) is 2.94. The molecule has 0 fully saturated rings. The number of hydrogen-bond acceptors (Lipinski definition) is 2. The fourth-order valence-corrected chi connectivity index (χ4v) is 1.60. The summed E-state index contributed by atoms with van der Waals surface area (Å²) in [5.41, 5.74) is -1.76. The van der Waals surface area contributed by atoms with E-state index in [4.69, 9.17) is 4.42 Å². The van der Waals surface area contributed by atoms with Gasteiger partial charge in [-0.3, -0.25) is 0 Å². The average molecular weight is 212 g/mol. The third-order valence-corrected chi connectivity index (χ3v) is 2.26. The second kappa shape index (κ2) is 3.03. The minimum Gasteiger partial charge on any atom is -0.464 e. The van der Waals surface area contributed by atoms with E-state index in [-0.39, 0.29) is 16.5 Å². The Labute approximate surface area is 85.1 Å². The Bertz CT molecular complexity index is 509. The molecule has 1 aromatic carbocycles. The Hall–Kier alpha value is -1.42. The van der Waals surface area contributed by atoms with E-state index >= 15 is 0 Å². The van der Waals surface area contributed by atoms with Crippen LogP contribution in [0.15, 0.2) is 22.8 Å². The second-order valence-electron chi connectivity index (χ2n) is 3.94. The van der Waals surface area contributed by atoms with Crippen LogP contribution in [-0.4, -0.2) is 5.11 Å². The lowest BCUT2D eigenvalue weighted by atomic mass is 9.96. The molecule has 80 valence electrons. The van der Waals surface area contributed by atoms with Crippen molar-refractivity contribution in [2.75, 3.05) is 0 Å². The highest BCUT2D eigenvalue weighted by atomic mass is 19.1. The van der Waals surface area contributed by atoms with Crippen LogP contribution in [0, 0.1) is 11.6 Å². The summed E-state index contributed by atoms with van der Waals surface area (Å²) in [6, 6.07) is 2.48. The van der Waals surface area contributed by atoms with Gasteiger partial charge in [0.05, 0.1) is 22.8 Å². The molecule has 0 saturated heterocycles. The first kappa shape index (κ1) is 10.1. The number of benzene rings is 1. The van der Waals surface area contributed by atoms with Crippen molar-refractivity contribution < 1.29 is 18.3 Å².